The maximum absolute atomic E-state index is 11.6. The molecule has 0 bridgehead atoms. The van der Waals surface area contributed by atoms with Crippen molar-refractivity contribution in [1.29, 1.82) is 0 Å². The van der Waals surface area contributed by atoms with Gasteiger partial charge in [-0.2, -0.15) is 0 Å². The van der Waals surface area contributed by atoms with E-state index < -0.39 is 10.0 Å². The molecule has 0 aliphatic heterocycles. The van der Waals surface area contributed by atoms with E-state index in [1.54, 1.807) is 6.07 Å². The lowest BCUT2D eigenvalue weighted by molar-refractivity contribution is 0.607. The Labute approximate surface area is 170 Å². The molecule has 0 saturated carbocycles. The topological polar surface area (TPSA) is 46.2 Å². The van der Waals surface area contributed by atoms with Gasteiger partial charge in [-0.1, -0.05) is 54.1 Å². The van der Waals surface area contributed by atoms with Crippen molar-refractivity contribution >= 4 is 39.0 Å². The normalized spacial score (nSPS) is 14.9. The fourth-order valence-electron chi connectivity index (χ4n) is 3.66. The first-order valence-electron chi connectivity index (χ1n) is 9.06. The number of anilines is 1. The first kappa shape index (κ1) is 18.8. The molecule has 0 unspecified atom stereocenters. The Balaban J connectivity index is 1.89. The molecule has 0 spiro atoms. The fourth-order valence-corrected chi connectivity index (χ4v) is 4.39. The summed E-state index contributed by atoms with van der Waals surface area (Å²) in [5.41, 5.74) is 7.44. The smallest absolute Gasteiger partial charge is 0.229 e. The number of sulfonamides is 1. The number of benzene rings is 3. The predicted octanol–water partition coefficient (Wildman–Crippen LogP) is 5.40. The molecule has 0 radical (unpaired) electrons. The summed E-state index contributed by atoms with van der Waals surface area (Å²) in [5.74, 6) is 0. The fraction of sp³-hybridized carbons (Fsp3) is 0.130. The van der Waals surface area contributed by atoms with Crippen LogP contribution in [0.3, 0.4) is 0 Å². The monoisotopic (exact) mass is 409 g/mol. The molecule has 3 aromatic carbocycles. The van der Waals surface area contributed by atoms with Crippen LogP contribution in [0.25, 0.3) is 11.6 Å². The summed E-state index contributed by atoms with van der Waals surface area (Å²) in [5, 5.41) is 0.705. The van der Waals surface area contributed by atoms with Gasteiger partial charge in [-0.15, -0.1) is 0 Å². The Hall–Kier alpha value is -2.56. The van der Waals surface area contributed by atoms with Crippen LogP contribution in [0.15, 0.2) is 66.7 Å². The van der Waals surface area contributed by atoms with Crippen molar-refractivity contribution in [2.45, 2.75) is 12.8 Å². The van der Waals surface area contributed by atoms with Crippen LogP contribution in [-0.4, -0.2) is 14.7 Å². The van der Waals surface area contributed by atoms with Crippen molar-refractivity contribution in [2.24, 2.45) is 0 Å². The molecule has 5 heteroatoms. The number of rotatable bonds is 3. The van der Waals surface area contributed by atoms with Crippen LogP contribution in [0.2, 0.25) is 5.02 Å². The van der Waals surface area contributed by atoms with Crippen molar-refractivity contribution < 1.29 is 8.42 Å². The Morgan fingerprint density at radius 3 is 2.43 bits per heavy atom. The number of hydrogen-bond acceptors (Lipinski definition) is 2. The van der Waals surface area contributed by atoms with Gasteiger partial charge in [-0.05, 0) is 76.6 Å². The van der Waals surface area contributed by atoms with E-state index in [0.29, 0.717) is 10.7 Å². The molecule has 3 nitrogen and oxygen atoms in total. The third-order valence-corrected chi connectivity index (χ3v) is 5.68. The summed E-state index contributed by atoms with van der Waals surface area (Å²) in [4.78, 5) is 0. The number of nitrogens with one attached hydrogen (secondary N) is 1. The summed E-state index contributed by atoms with van der Waals surface area (Å²) in [6.07, 6.45) is 5.18. The van der Waals surface area contributed by atoms with E-state index in [9.17, 15) is 8.42 Å². The molecule has 4 rings (SSSR count). The zero-order valence-corrected chi connectivity index (χ0v) is 17.0. The van der Waals surface area contributed by atoms with Crippen molar-refractivity contribution in [2.75, 3.05) is 11.0 Å². The van der Waals surface area contributed by atoms with Gasteiger partial charge in [0.2, 0.25) is 10.0 Å². The average molecular weight is 410 g/mol. The minimum absolute atomic E-state index is 0.546. The largest absolute Gasteiger partial charge is 0.284 e. The predicted molar refractivity (Wildman–Crippen MR) is 117 cm³/mol. The first-order chi connectivity index (χ1) is 13.4. The second kappa shape index (κ2) is 7.46. The molecule has 0 fully saturated rings. The lowest BCUT2D eigenvalue weighted by Gasteiger charge is -2.13. The maximum Gasteiger partial charge on any atom is 0.229 e. The highest BCUT2D eigenvalue weighted by Crippen LogP contribution is 2.36. The molecule has 3 aromatic rings. The number of halogens is 1. The summed E-state index contributed by atoms with van der Waals surface area (Å²) in [6.45, 7) is 0. The first-order valence-corrected chi connectivity index (χ1v) is 11.3. The lowest BCUT2D eigenvalue weighted by atomic mass is 9.92. The van der Waals surface area contributed by atoms with Gasteiger partial charge in [-0.25, -0.2) is 8.42 Å². The molecule has 28 heavy (non-hydrogen) atoms. The SMILES string of the molecule is CS(=O)(=O)Nc1cccc(C=C2c3ccccc3CCc3ccc(Cl)cc32)c1. The third kappa shape index (κ3) is 4.13. The van der Waals surface area contributed by atoms with Crippen molar-refractivity contribution in [3.63, 3.8) is 0 Å². The van der Waals surface area contributed by atoms with Crippen molar-refractivity contribution in [3.05, 3.63) is 99.6 Å². The van der Waals surface area contributed by atoms with Gasteiger partial charge in [0.05, 0.1) is 6.26 Å². The van der Waals surface area contributed by atoms with Crippen LogP contribution in [-0.2, 0) is 22.9 Å². The van der Waals surface area contributed by atoms with Gasteiger partial charge >= 0.3 is 0 Å². The molecule has 0 heterocycles. The van der Waals surface area contributed by atoms with E-state index in [0.717, 1.165) is 35.8 Å². The molecular formula is C23H20ClNO2S. The molecule has 1 aliphatic carbocycles. The summed E-state index contributed by atoms with van der Waals surface area (Å²) < 4.78 is 25.7. The average Bonchev–Trinajstić information content (AvgIpc) is 2.78. The number of fused-ring (bicyclic) bond motifs is 2. The second-order valence-corrected chi connectivity index (χ2v) is 9.20. The van der Waals surface area contributed by atoms with E-state index in [-0.39, 0.29) is 0 Å². The molecule has 0 saturated heterocycles. The Morgan fingerprint density at radius 2 is 1.64 bits per heavy atom. The van der Waals surface area contributed by atoms with Gasteiger partial charge in [0.1, 0.15) is 0 Å². The van der Waals surface area contributed by atoms with E-state index in [1.807, 2.05) is 36.4 Å². The molecule has 0 aromatic heterocycles. The lowest BCUT2D eigenvalue weighted by Crippen LogP contribution is -2.09. The zero-order valence-electron chi connectivity index (χ0n) is 15.4. The molecular weight excluding hydrogens is 390 g/mol. The highest BCUT2D eigenvalue weighted by molar-refractivity contribution is 7.92. The van der Waals surface area contributed by atoms with Gasteiger partial charge < -0.3 is 0 Å². The number of hydrogen-bond donors (Lipinski definition) is 1. The van der Waals surface area contributed by atoms with Gasteiger partial charge in [0.25, 0.3) is 0 Å². The quantitative estimate of drug-likeness (QED) is 0.629. The third-order valence-electron chi connectivity index (χ3n) is 4.83. The van der Waals surface area contributed by atoms with Crippen LogP contribution in [0.4, 0.5) is 5.69 Å². The number of aryl methyl sites for hydroxylation is 2. The van der Waals surface area contributed by atoms with E-state index in [4.69, 9.17) is 11.6 Å². The van der Waals surface area contributed by atoms with E-state index in [2.05, 4.69) is 35.1 Å². The Bertz CT molecular complexity index is 1180. The highest BCUT2D eigenvalue weighted by atomic mass is 35.5. The molecule has 0 atom stereocenters. The standard InChI is InChI=1S/C23H20ClNO2S/c1-28(26,27)25-20-7-4-5-16(13-20)14-23-21-8-3-2-6-17(21)9-10-18-11-12-19(24)15-22(18)23/h2-8,11-15,25H,9-10H2,1H3. The highest BCUT2D eigenvalue weighted by Gasteiger charge is 2.18. The van der Waals surface area contributed by atoms with Crippen LogP contribution in [0, 0.1) is 0 Å². The van der Waals surface area contributed by atoms with Gasteiger partial charge in [0.15, 0.2) is 0 Å². The molecule has 142 valence electrons. The molecule has 0 amide bonds. The summed E-state index contributed by atoms with van der Waals surface area (Å²) >= 11 is 6.32. The summed E-state index contributed by atoms with van der Waals surface area (Å²) in [7, 11) is -3.32. The van der Waals surface area contributed by atoms with Gasteiger partial charge in [0, 0.05) is 10.7 Å². The van der Waals surface area contributed by atoms with E-state index >= 15 is 0 Å². The molecule has 1 N–H and O–H groups in total. The van der Waals surface area contributed by atoms with Crippen molar-refractivity contribution in [1.82, 2.24) is 0 Å². The molecule has 1 aliphatic rings. The van der Waals surface area contributed by atoms with E-state index in [1.165, 1.54) is 16.7 Å². The summed E-state index contributed by atoms with van der Waals surface area (Å²) in [6, 6.07) is 21.9. The van der Waals surface area contributed by atoms with Crippen LogP contribution in [0.5, 0.6) is 0 Å². The minimum atomic E-state index is -3.32. The Kier molecular flexibility index (Phi) is 5.00. The van der Waals surface area contributed by atoms with Crippen molar-refractivity contribution in [3.8, 4) is 0 Å². The Morgan fingerprint density at radius 1 is 0.893 bits per heavy atom. The van der Waals surface area contributed by atoms with Crippen LogP contribution in [0.1, 0.15) is 27.8 Å². The zero-order chi connectivity index (χ0) is 19.7. The minimum Gasteiger partial charge on any atom is -0.284 e. The van der Waals surface area contributed by atoms with Crippen LogP contribution < -0.4 is 4.72 Å². The van der Waals surface area contributed by atoms with Gasteiger partial charge in [-0.3, -0.25) is 4.72 Å². The maximum atomic E-state index is 11.6. The van der Waals surface area contributed by atoms with Crippen LogP contribution >= 0.6 is 11.6 Å². The second-order valence-electron chi connectivity index (χ2n) is 7.02.